The Morgan fingerprint density at radius 1 is 1.15 bits per heavy atom. The van der Waals surface area contributed by atoms with E-state index in [1.165, 1.54) is 0 Å². The first-order valence-corrected chi connectivity index (χ1v) is 7.50. The summed E-state index contributed by atoms with van der Waals surface area (Å²) in [7, 11) is 2.04. The number of hydrogen-bond donors (Lipinski definition) is 4. The number of methoxy groups -OCH3 is 2. The van der Waals surface area contributed by atoms with E-state index in [4.69, 9.17) is 4.74 Å². The minimum Gasteiger partial charge on any atom is -0.504 e. The van der Waals surface area contributed by atoms with E-state index >= 15 is 0 Å². The molecule has 27 heavy (non-hydrogen) atoms. The predicted octanol–water partition coefficient (Wildman–Crippen LogP) is -0.137. The van der Waals surface area contributed by atoms with Crippen molar-refractivity contribution in [2.24, 2.45) is 5.92 Å². The molecule has 11 heteroatoms. The van der Waals surface area contributed by atoms with Crippen LogP contribution in [-0.2, 0) is 28.6 Å². The summed E-state index contributed by atoms with van der Waals surface area (Å²) in [6.45, 7) is 0. The highest BCUT2D eigenvalue weighted by atomic mass is 16.6. The Bertz CT molecular complexity index is 813. The summed E-state index contributed by atoms with van der Waals surface area (Å²) < 4.78 is 13.9. The Labute approximate surface area is 151 Å². The van der Waals surface area contributed by atoms with Crippen LogP contribution < -0.4 is 0 Å². The van der Waals surface area contributed by atoms with Gasteiger partial charge < -0.3 is 34.6 Å². The molecule has 4 N–H and O–H groups in total. The molecule has 3 atom stereocenters. The summed E-state index contributed by atoms with van der Waals surface area (Å²) in [5, 5.41) is 39.1. The number of cyclic esters (lactones) is 1. The number of phenolic OH excluding ortho intramolecular Hbond substituents is 3. The van der Waals surface area contributed by atoms with E-state index in [9.17, 15) is 39.6 Å². The van der Waals surface area contributed by atoms with E-state index in [1.807, 2.05) is 0 Å². The van der Waals surface area contributed by atoms with Crippen molar-refractivity contribution in [3.05, 3.63) is 17.2 Å². The number of benzene rings is 1. The number of aromatic hydroxyl groups is 3. The van der Waals surface area contributed by atoms with Crippen molar-refractivity contribution in [1.82, 2.24) is 0 Å². The molecule has 1 aliphatic heterocycles. The fraction of sp³-hybridized carbons (Fsp3) is 0.375. The number of hydrogen-bond acceptors (Lipinski definition) is 10. The maximum Gasteiger partial charge on any atom is 0.345 e. The lowest BCUT2D eigenvalue weighted by molar-refractivity contribution is -0.158. The Morgan fingerprint density at radius 3 is 2.30 bits per heavy atom. The maximum atomic E-state index is 12.2. The Hall–Kier alpha value is -3.50. The number of phenols is 3. The Kier molecular flexibility index (Phi) is 5.43. The van der Waals surface area contributed by atoms with Gasteiger partial charge in [0, 0.05) is 5.56 Å². The van der Waals surface area contributed by atoms with Crippen molar-refractivity contribution in [3.8, 4) is 17.2 Å². The van der Waals surface area contributed by atoms with Crippen LogP contribution in [-0.4, -0.2) is 64.6 Å². The Balaban J connectivity index is 2.76. The van der Waals surface area contributed by atoms with E-state index in [2.05, 4.69) is 9.47 Å². The molecule has 0 fully saturated rings. The van der Waals surface area contributed by atoms with Gasteiger partial charge in [0.2, 0.25) is 11.9 Å². The van der Waals surface area contributed by atoms with Gasteiger partial charge in [-0.05, 0) is 6.07 Å². The van der Waals surface area contributed by atoms with Crippen molar-refractivity contribution >= 4 is 23.9 Å². The molecule has 0 bridgehead atoms. The molecule has 0 saturated carbocycles. The fourth-order valence-electron chi connectivity index (χ4n) is 2.96. The zero-order chi connectivity index (χ0) is 20.5. The molecular weight excluding hydrogens is 368 g/mol. The highest BCUT2D eigenvalue weighted by Crippen LogP contribution is 2.49. The highest BCUT2D eigenvalue weighted by molar-refractivity contribution is 5.98. The second-order valence-electron chi connectivity index (χ2n) is 5.65. The number of carboxylic acid groups (broad SMARTS) is 1. The van der Waals surface area contributed by atoms with Gasteiger partial charge in [-0.15, -0.1) is 0 Å². The van der Waals surface area contributed by atoms with Crippen LogP contribution in [0.25, 0.3) is 0 Å². The summed E-state index contributed by atoms with van der Waals surface area (Å²) in [6, 6.07) is 0.754. The van der Waals surface area contributed by atoms with E-state index in [-0.39, 0.29) is 0 Å². The topological polar surface area (TPSA) is 177 Å². The monoisotopic (exact) mass is 384 g/mol. The average Bonchev–Trinajstić information content (AvgIpc) is 2.63. The van der Waals surface area contributed by atoms with Crippen LogP contribution in [0.1, 0.15) is 28.3 Å². The third-order valence-corrected chi connectivity index (χ3v) is 4.20. The number of carboxylic acids is 1. The Morgan fingerprint density at radius 2 is 1.78 bits per heavy atom. The number of fused-ring (bicyclic) bond motifs is 1. The molecule has 0 saturated heterocycles. The van der Waals surface area contributed by atoms with Crippen LogP contribution in [0.2, 0.25) is 0 Å². The second-order valence-corrected chi connectivity index (χ2v) is 5.65. The van der Waals surface area contributed by atoms with Crippen LogP contribution in [0.3, 0.4) is 0 Å². The minimum atomic E-state index is -1.98. The fourth-order valence-corrected chi connectivity index (χ4v) is 2.96. The lowest BCUT2D eigenvalue weighted by atomic mass is 9.76. The van der Waals surface area contributed by atoms with E-state index < -0.39 is 76.6 Å². The van der Waals surface area contributed by atoms with Gasteiger partial charge in [0.25, 0.3) is 0 Å². The molecule has 0 amide bonds. The molecule has 1 aliphatic rings. The summed E-state index contributed by atoms with van der Waals surface area (Å²) in [5.41, 5.74) is -0.933. The zero-order valence-electron chi connectivity index (χ0n) is 14.2. The van der Waals surface area contributed by atoms with E-state index in [0.29, 0.717) is 0 Å². The SMILES string of the molecule is COC(=O)C[C@@H](C(=O)OC)[C@H]1c2c(cc(O)c(O)c2O)C(=O)O[C@@H]1C(=O)O. The van der Waals surface area contributed by atoms with Crippen molar-refractivity contribution in [3.63, 3.8) is 0 Å². The predicted molar refractivity (Wildman–Crippen MR) is 83.2 cm³/mol. The summed E-state index contributed by atoms with van der Waals surface area (Å²) >= 11 is 0. The molecule has 146 valence electrons. The van der Waals surface area contributed by atoms with Gasteiger partial charge >= 0.3 is 23.9 Å². The first-order valence-electron chi connectivity index (χ1n) is 7.50. The average molecular weight is 384 g/mol. The first-order chi connectivity index (χ1) is 12.6. The van der Waals surface area contributed by atoms with Crippen LogP contribution in [0.15, 0.2) is 6.07 Å². The molecule has 0 unspecified atom stereocenters. The first kappa shape index (κ1) is 19.8. The van der Waals surface area contributed by atoms with Crippen LogP contribution >= 0.6 is 0 Å². The molecule has 1 heterocycles. The van der Waals surface area contributed by atoms with Crippen LogP contribution in [0.5, 0.6) is 17.2 Å². The number of carbonyl (C=O) groups excluding carboxylic acids is 3. The van der Waals surface area contributed by atoms with Crippen LogP contribution in [0.4, 0.5) is 0 Å². The van der Waals surface area contributed by atoms with Crippen molar-refractivity contribution in [1.29, 1.82) is 0 Å². The third-order valence-electron chi connectivity index (χ3n) is 4.20. The van der Waals surface area contributed by atoms with Gasteiger partial charge in [-0.2, -0.15) is 0 Å². The second kappa shape index (κ2) is 7.40. The highest BCUT2D eigenvalue weighted by Gasteiger charge is 2.50. The normalized spacial score (nSPS) is 19.4. The van der Waals surface area contributed by atoms with Crippen molar-refractivity contribution in [2.75, 3.05) is 14.2 Å². The molecule has 0 radical (unpaired) electrons. The lowest BCUT2D eigenvalue weighted by Crippen LogP contribution is -2.44. The van der Waals surface area contributed by atoms with Gasteiger partial charge in [0.1, 0.15) is 0 Å². The smallest absolute Gasteiger partial charge is 0.345 e. The lowest BCUT2D eigenvalue weighted by Gasteiger charge is -2.34. The molecule has 1 aromatic rings. The molecule has 0 spiro atoms. The van der Waals surface area contributed by atoms with Gasteiger partial charge in [0.05, 0.1) is 38.0 Å². The van der Waals surface area contributed by atoms with Crippen LogP contribution in [0, 0.1) is 5.92 Å². The molecule has 1 aromatic carbocycles. The van der Waals surface area contributed by atoms with Gasteiger partial charge in [-0.1, -0.05) is 0 Å². The number of esters is 3. The van der Waals surface area contributed by atoms with Crippen molar-refractivity contribution < 1.29 is 53.8 Å². The molecule has 0 aromatic heterocycles. The summed E-state index contributed by atoms with van der Waals surface area (Å²) in [4.78, 5) is 47.7. The number of rotatable bonds is 5. The van der Waals surface area contributed by atoms with Gasteiger partial charge in [0.15, 0.2) is 11.5 Å². The molecular formula is C16H16O11. The van der Waals surface area contributed by atoms with E-state index in [0.717, 1.165) is 20.3 Å². The van der Waals surface area contributed by atoms with Gasteiger partial charge in [-0.3, -0.25) is 9.59 Å². The largest absolute Gasteiger partial charge is 0.504 e. The quantitative estimate of drug-likeness (QED) is 0.302. The zero-order valence-corrected chi connectivity index (χ0v) is 14.2. The standard InChI is InChI=1S/C16H16O11/c1-25-8(18)4-6(15(23)26-2)10-9-5(3-7(17)11(19)12(9)20)16(24)27-13(10)14(21)22/h3,6,10,13,17,19-20H,4H2,1-2H3,(H,21,22)/t6-,10+,13+/m1/s1. The maximum absolute atomic E-state index is 12.2. The number of aliphatic carboxylic acids is 1. The summed E-state index contributed by atoms with van der Waals surface area (Å²) in [5.74, 6) is -10.8. The number of ether oxygens (including phenoxy) is 3. The van der Waals surface area contributed by atoms with Crippen molar-refractivity contribution in [2.45, 2.75) is 18.4 Å². The molecule has 2 rings (SSSR count). The third kappa shape index (κ3) is 3.43. The summed E-state index contributed by atoms with van der Waals surface area (Å²) in [6.07, 6.45) is -2.64. The molecule has 11 nitrogen and oxygen atoms in total. The minimum absolute atomic E-state index is 0.465. The number of carbonyl (C=O) groups is 4. The van der Waals surface area contributed by atoms with Gasteiger partial charge in [-0.25, -0.2) is 9.59 Å². The molecule has 0 aliphatic carbocycles. The van der Waals surface area contributed by atoms with E-state index in [1.54, 1.807) is 0 Å².